The van der Waals surface area contributed by atoms with Gasteiger partial charge in [0.05, 0.1) is 0 Å². The molecule has 0 saturated heterocycles. The minimum Gasteiger partial charge on any atom is -0.508 e. The average molecular weight is 389 g/mol. The lowest BCUT2D eigenvalue weighted by atomic mass is 9.71. The summed E-state index contributed by atoms with van der Waals surface area (Å²) >= 11 is 0. The summed E-state index contributed by atoms with van der Waals surface area (Å²) in [5, 5.41) is 12.4. The molecule has 3 rings (SSSR count). The van der Waals surface area contributed by atoms with E-state index in [1.54, 1.807) is 24.3 Å². The van der Waals surface area contributed by atoms with Crippen LogP contribution in [0.5, 0.6) is 11.5 Å². The van der Waals surface area contributed by atoms with Gasteiger partial charge in [0.2, 0.25) is 0 Å². The number of phenols is 1. The number of carbonyl (C=O) groups is 1. The van der Waals surface area contributed by atoms with E-state index in [1.807, 2.05) is 54.6 Å². The van der Waals surface area contributed by atoms with Crippen LogP contribution in [0.1, 0.15) is 38.3 Å². The van der Waals surface area contributed by atoms with E-state index in [-0.39, 0.29) is 11.2 Å². The maximum absolute atomic E-state index is 12.1. The number of phenolic OH excluding ortho intramolecular Hbond substituents is 1. The van der Waals surface area contributed by atoms with Gasteiger partial charge in [0.25, 0.3) is 0 Å². The average Bonchev–Trinajstić information content (AvgIpc) is 2.69. The number of hydrogen-bond acceptors (Lipinski definition) is 3. The number of nitrogens with one attached hydrogen (secondary N) is 1. The Kier molecular flexibility index (Phi) is 6.23. The van der Waals surface area contributed by atoms with Crippen molar-refractivity contribution < 1.29 is 14.6 Å². The summed E-state index contributed by atoms with van der Waals surface area (Å²) in [6.45, 7) is 6.60. The Morgan fingerprint density at radius 1 is 0.931 bits per heavy atom. The summed E-state index contributed by atoms with van der Waals surface area (Å²) < 4.78 is 5.41. The van der Waals surface area contributed by atoms with Gasteiger partial charge < -0.3 is 9.84 Å². The number of rotatable bonds is 6. The second-order valence-corrected chi connectivity index (χ2v) is 7.88. The highest BCUT2D eigenvalue weighted by atomic mass is 16.6. The minimum atomic E-state index is -0.521. The van der Waals surface area contributed by atoms with Crippen LogP contribution in [0.3, 0.4) is 0 Å². The molecule has 4 heteroatoms. The van der Waals surface area contributed by atoms with E-state index in [9.17, 15) is 9.90 Å². The Balaban J connectivity index is 1.78. The fourth-order valence-corrected chi connectivity index (χ4v) is 3.71. The number of para-hydroxylation sites is 1. The van der Waals surface area contributed by atoms with Gasteiger partial charge >= 0.3 is 6.09 Å². The summed E-state index contributed by atoms with van der Waals surface area (Å²) in [5.74, 6) is 1.23. The van der Waals surface area contributed by atoms with Crippen molar-refractivity contribution in [3.05, 3.63) is 90.0 Å². The second kappa shape index (κ2) is 8.82. The molecular formula is C25H27NO3. The van der Waals surface area contributed by atoms with E-state index in [0.717, 1.165) is 17.5 Å². The molecule has 0 aliphatic heterocycles. The van der Waals surface area contributed by atoms with Crippen molar-refractivity contribution in [1.29, 1.82) is 0 Å². The monoisotopic (exact) mass is 389 g/mol. The molecule has 150 valence electrons. The van der Waals surface area contributed by atoms with Gasteiger partial charge in [-0.2, -0.15) is 0 Å². The van der Waals surface area contributed by atoms with Gasteiger partial charge in [-0.3, -0.25) is 5.32 Å². The summed E-state index contributed by atoms with van der Waals surface area (Å²) in [6, 6.07) is 24.2. The first-order valence-electron chi connectivity index (χ1n) is 9.81. The number of benzene rings is 3. The van der Waals surface area contributed by atoms with E-state index >= 15 is 0 Å². The van der Waals surface area contributed by atoms with Crippen LogP contribution in [0.2, 0.25) is 0 Å². The molecule has 3 aromatic carbocycles. The van der Waals surface area contributed by atoms with Crippen molar-refractivity contribution in [1.82, 2.24) is 0 Å². The molecule has 0 fully saturated rings. The van der Waals surface area contributed by atoms with Crippen molar-refractivity contribution in [3.63, 3.8) is 0 Å². The summed E-state index contributed by atoms with van der Waals surface area (Å²) in [6.07, 6.45) is 0.430. The standard InChI is InChI=1S/C25H27NO3/c1-18(2)17-25(3,19-9-13-22(27)14-10-19)20-11-15-23(16-12-20)29-24(28)26-21-7-5-4-6-8-21/h4-16,18,27H,17H2,1-3H3,(H,26,28). The zero-order valence-electron chi connectivity index (χ0n) is 17.1. The van der Waals surface area contributed by atoms with Gasteiger partial charge in [-0.15, -0.1) is 0 Å². The molecule has 0 bridgehead atoms. The molecule has 1 unspecified atom stereocenters. The molecule has 0 radical (unpaired) electrons. The number of anilines is 1. The zero-order valence-corrected chi connectivity index (χ0v) is 17.1. The first kappa shape index (κ1) is 20.5. The molecule has 0 heterocycles. The van der Waals surface area contributed by atoms with Gasteiger partial charge in [-0.25, -0.2) is 4.79 Å². The second-order valence-electron chi connectivity index (χ2n) is 7.88. The molecule has 2 N–H and O–H groups in total. The third-order valence-corrected chi connectivity index (χ3v) is 5.04. The number of hydrogen-bond donors (Lipinski definition) is 2. The van der Waals surface area contributed by atoms with Crippen LogP contribution < -0.4 is 10.1 Å². The number of carbonyl (C=O) groups excluding carboxylic acids is 1. The minimum absolute atomic E-state index is 0.216. The van der Waals surface area contributed by atoms with Crippen LogP contribution in [0, 0.1) is 5.92 Å². The summed E-state index contributed by atoms with van der Waals surface area (Å²) in [7, 11) is 0. The molecule has 29 heavy (non-hydrogen) atoms. The normalized spacial score (nSPS) is 13.0. The van der Waals surface area contributed by atoms with E-state index in [4.69, 9.17) is 4.74 Å². The molecule has 1 atom stereocenters. The highest BCUT2D eigenvalue weighted by Gasteiger charge is 2.30. The van der Waals surface area contributed by atoms with Crippen molar-refractivity contribution >= 4 is 11.8 Å². The first-order chi connectivity index (χ1) is 13.9. The maximum Gasteiger partial charge on any atom is 0.417 e. The smallest absolute Gasteiger partial charge is 0.417 e. The summed E-state index contributed by atoms with van der Waals surface area (Å²) in [4.78, 5) is 12.1. The van der Waals surface area contributed by atoms with Gasteiger partial charge in [0, 0.05) is 11.1 Å². The quantitative estimate of drug-likeness (QED) is 0.516. The third kappa shape index (κ3) is 5.17. The predicted octanol–water partition coefficient (Wildman–Crippen LogP) is 6.36. The molecule has 3 aromatic rings. The fraction of sp³-hybridized carbons (Fsp3) is 0.240. The highest BCUT2D eigenvalue weighted by Crippen LogP contribution is 2.39. The van der Waals surface area contributed by atoms with Crippen LogP contribution in [-0.4, -0.2) is 11.2 Å². The van der Waals surface area contributed by atoms with Crippen LogP contribution in [-0.2, 0) is 5.41 Å². The van der Waals surface area contributed by atoms with E-state index in [2.05, 4.69) is 26.1 Å². The molecule has 0 saturated carbocycles. The van der Waals surface area contributed by atoms with Gasteiger partial charge in [0.1, 0.15) is 11.5 Å². The fourth-order valence-electron chi connectivity index (χ4n) is 3.71. The SMILES string of the molecule is CC(C)CC(C)(c1ccc(O)cc1)c1ccc(OC(=O)Nc2ccccc2)cc1. The van der Waals surface area contributed by atoms with E-state index in [1.165, 1.54) is 0 Å². The topological polar surface area (TPSA) is 58.6 Å². The van der Waals surface area contributed by atoms with Crippen molar-refractivity contribution in [2.75, 3.05) is 5.32 Å². The lowest BCUT2D eigenvalue weighted by Crippen LogP contribution is -2.25. The molecule has 0 aliphatic carbocycles. The molecular weight excluding hydrogens is 362 g/mol. The van der Waals surface area contributed by atoms with Gasteiger partial charge in [0.15, 0.2) is 0 Å². The molecule has 1 amide bonds. The Morgan fingerprint density at radius 3 is 2.03 bits per heavy atom. The van der Waals surface area contributed by atoms with Gasteiger partial charge in [-0.1, -0.05) is 63.2 Å². The van der Waals surface area contributed by atoms with E-state index < -0.39 is 6.09 Å². The third-order valence-electron chi connectivity index (χ3n) is 5.04. The maximum atomic E-state index is 12.1. The largest absolute Gasteiger partial charge is 0.508 e. The Labute approximate surface area is 172 Å². The molecule has 0 aromatic heterocycles. The lowest BCUT2D eigenvalue weighted by Gasteiger charge is -2.33. The highest BCUT2D eigenvalue weighted by molar-refractivity contribution is 5.86. The lowest BCUT2D eigenvalue weighted by molar-refractivity contribution is 0.215. The first-order valence-corrected chi connectivity index (χ1v) is 9.81. The molecule has 4 nitrogen and oxygen atoms in total. The summed E-state index contributed by atoms with van der Waals surface area (Å²) in [5.41, 5.74) is 2.74. The number of aromatic hydroxyl groups is 1. The Morgan fingerprint density at radius 2 is 1.48 bits per heavy atom. The van der Waals surface area contributed by atoms with Crippen LogP contribution in [0.15, 0.2) is 78.9 Å². The number of amides is 1. The van der Waals surface area contributed by atoms with Crippen LogP contribution >= 0.6 is 0 Å². The van der Waals surface area contributed by atoms with Crippen molar-refractivity contribution in [2.45, 2.75) is 32.6 Å². The Hall–Kier alpha value is -3.27. The van der Waals surface area contributed by atoms with Gasteiger partial charge in [-0.05, 0) is 59.9 Å². The van der Waals surface area contributed by atoms with Crippen LogP contribution in [0.25, 0.3) is 0 Å². The molecule has 0 spiro atoms. The zero-order chi connectivity index (χ0) is 20.9. The number of ether oxygens (including phenoxy) is 1. The predicted molar refractivity (Wildman–Crippen MR) is 117 cm³/mol. The molecule has 0 aliphatic rings. The Bertz CT molecular complexity index is 934. The van der Waals surface area contributed by atoms with E-state index in [0.29, 0.717) is 17.4 Å². The van der Waals surface area contributed by atoms with Crippen molar-refractivity contribution in [2.24, 2.45) is 5.92 Å². The van der Waals surface area contributed by atoms with Crippen LogP contribution in [0.4, 0.5) is 10.5 Å². The van der Waals surface area contributed by atoms with Crippen molar-refractivity contribution in [3.8, 4) is 11.5 Å².